The number of rotatable bonds is 3. The van der Waals surface area contributed by atoms with Crippen LogP contribution in [0.3, 0.4) is 0 Å². The fourth-order valence-electron chi connectivity index (χ4n) is 3.10. The summed E-state index contributed by atoms with van der Waals surface area (Å²) in [5.41, 5.74) is 0.244. The van der Waals surface area contributed by atoms with Crippen LogP contribution < -0.4 is 5.32 Å². The third-order valence-electron chi connectivity index (χ3n) is 4.57. The fourth-order valence-corrected chi connectivity index (χ4v) is 3.23. The minimum absolute atomic E-state index is 0.00821. The van der Waals surface area contributed by atoms with Crippen molar-refractivity contribution in [2.45, 2.75) is 6.18 Å². The van der Waals surface area contributed by atoms with Crippen molar-refractivity contribution in [1.29, 1.82) is 0 Å². The summed E-state index contributed by atoms with van der Waals surface area (Å²) in [6, 6.07) is 12.7. The molecule has 1 fully saturated rings. The largest absolute Gasteiger partial charge is 0.416 e. The zero-order valence-corrected chi connectivity index (χ0v) is 16.0. The lowest BCUT2D eigenvalue weighted by atomic mass is 10.1. The van der Waals surface area contributed by atoms with Crippen molar-refractivity contribution in [2.75, 3.05) is 13.2 Å². The first-order chi connectivity index (χ1) is 14.2. The number of halogens is 4. The maximum absolute atomic E-state index is 13.2. The van der Waals surface area contributed by atoms with Gasteiger partial charge in [-0.3, -0.25) is 9.59 Å². The van der Waals surface area contributed by atoms with Crippen LogP contribution in [0.5, 0.6) is 0 Å². The number of aromatic nitrogens is 2. The number of hydrogen-bond donors (Lipinski definition) is 1. The molecule has 0 atom stereocenters. The van der Waals surface area contributed by atoms with Gasteiger partial charge >= 0.3 is 6.18 Å². The van der Waals surface area contributed by atoms with Crippen LogP contribution in [0.4, 0.5) is 13.2 Å². The van der Waals surface area contributed by atoms with Crippen molar-refractivity contribution < 1.29 is 22.8 Å². The Bertz CT molecular complexity index is 1130. The van der Waals surface area contributed by atoms with Crippen molar-refractivity contribution >= 4 is 23.4 Å². The monoisotopic (exact) mass is 434 g/mol. The molecule has 1 N–H and O–H groups in total. The van der Waals surface area contributed by atoms with E-state index in [1.807, 2.05) is 0 Å². The Morgan fingerprint density at radius 1 is 1.10 bits per heavy atom. The van der Waals surface area contributed by atoms with E-state index in [1.165, 1.54) is 27.8 Å². The van der Waals surface area contributed by atoms with Gasteiger partial charge < -0.3 is 10.2 Å². The van der Waals surface area contributed by atoms with Crippen LogP contribution in [0.25, 0.3) is 16.9 Å². The van der Waals surface area contributed by atoms with Crippen LogP contribution in [0.1, 0.15) is 16.1 Å². The topological polar surface area (TPSA) is 67.2 Å². The SMILES string of the molecule is O=C1CN(C(=O)c2cc(-c3cccc(C(F)(F)F)c3)n(-c3ccc(Cl)cc3)n2)CN1. The highest BCUT2D eigenvalue weighted by molar-refractivity contribution is 6.30. The number of carbonyl (C=O) groups is 2. The summed E-state index contributed by atoms with van der Waals surface area (Å²) >= 11 is 5.93. The molecule has 6 nitrogen and oxygen atoms in total. The number of nitrogens with zero attached hydrogens (tertiary/aromatic N) is 3. The van der Waals surface area contributed by atoms with E-state index >= 15 is 0 Å². The normalized spacial score (nSPS) is 14.1. The van der Waals surface area contributed by atoms with Crippen molar-refractivity contribution in [1.82, 2.24) is 20.0 Å². The Hall–Kier alpha value is -3.33. The molecule has 0 saturated carbocycles. The Morgan fingerprint density at radius 2 is 1.83 bits per heavy atom. The van der Waals surface area contributed by atoms with E-state index in [9.17, 15) is 22.8 Å². The first-order valence-corrected chi connectivity index (χ1v) is 9.20. The van der Waals surface area contributed by atoms with Crippen molar-refractivity contribution in [3.8, 4) is 16.9 Å². The molecular weight excluding hydrogens is 421 g/mol. The van der Waals surface area contributed by atoms with E-state index in [4.69, 9.17) is 11.6 Å². The van der Waals surface area contributed by atoms with Crippen LogP contribution in [0.15, 0.2) is 54.6 Å². The van der Waals surface area contributed by atoms with Crippen molar-refractivity contribution in [2.24, 2.45) is 0 Å². The fraction of sp³-hybridized carbons (Fsp3) is 0.150. The van der Waals surface area contributed by atoms with Gasteiger partial charge in [0.1, 0.15) is 6.54 Å². The zero-order valence-electron chi connectivity index (χ0n) is 15.3. The number of nitrogens with one attached hydrogen (secondary N) is 1. The Balaban J connectivity index is 1.82. The highest BCUT2D eigenvalue weighted by Crippen LogP contribution is 2.33. The molecule has 2 aromatic carbocycles. The molecule has 1 aliphatic rings. The third kappa shape index (κ3) is 3.88. The molecule has 1 saturated heterocycles. The lowest BCUT2D eigenvalue weighted by Crippen LogP contribution is -2.30. The van der Waals surface area contributed by atoms with Crippen molar-refractivity contribution in [3.05, 3.63) is 70.9 Å². The summed E-state index contributed by atoms with van der Waals surface area (Å²) < 4.78 is 40.9. The average molecular weight is 435 g/mol. The second-order valence-electron chi connectivity index (χ2n) is 6.64. The van der Waals surface area contributed by atoms with Gasteiger partial charge in [-0.1, -0.05) is 23.7 Å². The Kier molecular flexibility index (Phi) is 4.98. The van der Waals surface area contributed by atoms with Gasteiger partial charge in [0.15, 0.2) is 5.69 Å². The zero-order chi connectivity index (χ0) is 21.5. The van der Waals surface area contributed by atoms with Gasteiger partial charge in [0.25, 0.3) is 5.91 Å². The molecule has 0 aliphatic carbocycles. The highest BCUT2D eigenvalue weighted by atomic mass is 35.5. The molecular formula is C20H14ClF3N4O2. The summed E-state index contributed by atoms with van der Waals surface area (Å²) in [6.07, 6.45) is -4.51. The van der Waals surface area contributed by atoms with Gasteiger partial charge in [-0.2, -0.15) is 18.3 Å². The molecule has 4 rings (SSSR count). The minimum atomic E-state index is -4.51. The van der Waals surface area contributed by atoms with Gasteiger partial charge in [-0.05, 0) is 42.5 Å². The van der Waals surface area contributed by atoms with Crippen LogP contribution >= 0.6 is 11.6 Å². The summed E-state index contributed by atoms with van der Waals surface area (Å²) in [6.45, 7) is -0.0596. The lowest BCUT2D eigenvalue weighted by Gasteiger charge is -2.11. The van der Waals surface area contributed by atoms with Gasteiger partial charge in [0, 0.05) is 10.6 Å². The standard InChI is InChI=1S/C20H14ClF3N4O2/c21-14-4-6-15(7-5-14)28-17(12-2-1-3-13(8-12)20(22,23)24)9-16(26-28)19(30)27-10-18(29)25-11-27/h1-9H,10-11H2,(H,25,29). The minimum Gasteiger partial charge on any atom is -0.337 e. The number of benzene rings is 2. The molecule has 0 unspecified atom stereocenters. The molecule has 0 spiro atoms. The summed E-state index contributed by atoms with van der Waals surface area (Å²) in [5.74, 6) is -0.798. The maximum Gasteiger partial charge on any atom is 0.416 e. The van der Waals surface area contributed by atoms with Crippen LogP contribution in [0, 0.1) is 0 Å². The molecule has 2 amide bonds. The van der Waals surface area contributed by atoms with E-state index in [0.717, 1.165) is 12.1 Å². The van der Waals surface area contributed by atoms with E-state index in [1.54, 1.807) is 24.3 Å². The van der Waals surface area contributed by atoms with Crippen LogP contribution in [-0.2, 0) is 11.0 Å². The van der Waals surface area contributed by atoms with E-state index < -0.39 is 17.6 Å². The predicted octanol–water partition coefficient (Wildman–Crippen LogP) is 3.74. The summed E-state index contributed by atoms with van der Waals surface area (Å²) in [5, 5.41) is 7.31. The van der Waals surface area contributed by atoms with Gasteiger partial charge in [-0.15, -0.1) is 0 Å². The lowest BCUT2D eigenvalue weighted by molar-refractivity contribution is -0.137. The van der Waals surface area contributed by atoms with Crippen LogP contribution in [0.2, 0.25) is 5.02 Å². The molecule has 1 aromatic heterocycles. The second kappa shape index (κ2) is 7.49. The summed E-state index contributed by atoms with van der Waals surface area (Å²) in [4.78, 5) is 25.4. The second-order valence-corrected chi connectivity index (χ2v) is 7.08. The van der Waals surface area contributed by atoms with Gasteiger partial charge in [0.2, 0.25) is 5.91 Å². The molecule has 0 bridgehead atoms. The van der Waals surface area contributed by atoms with E-state index in [0.29, 0.717) is 16.4 Å². The van der Waals surface area contributed by atoms with Gasteiger partial charge in [0.05, 0.1) is 23.6 Å². The van der Waals surface area contributed by atoms with Crippen LogP contribution in [-0.4, -0.2) is 39.7 Å². The number of alkyl halides is 3. The number of hydrogen-bond acceptors (Lipinski definition) is 3. The number of carbonyl (C=O) groups excluding carboxylic acids is 2. The first kappa shape index (κ1) is 20.0. The average Bonchev–Trinajstić information content (AvgIpc) is 3.34. The molecule has 1 aliphatic heterocycles. The first-order valence-electron chi connectivity index (χ1n) is 8.82. The molecule has 2 heterocycles. The van der Waals surface area contributed by atoms with Gasteiger partial charge in [-0.25, -0.2) is 4.68 Å². The highest BCUT2D eigenvalue weighted by Gasteiger charge is 2.31. The summed E-state index contributed by atoms with van der Waals surface area (Å²) in [7, 11) is 0. The Morgan fingerprint density at radius 3 is 2.47 bits per heavy atom. The molecule has 0 radical (unpaired) electrons. The molecule has 154 valence electrons. The maximum atomic E-state index is 13.2. The quantitative estimate of drug-likeness (QED) is 0.683. The molecule has 3 aromatic rings. The number of amides is 2. The smallest absolute Gasteiger partial charge is 0.337 e. The van der Waals surface area contributed by atoms with E-state index in [2.05, 4.69) is 10.4 Å². The van der Waals surface area contributed by atoms with E-state index in [-0.39, 0.29) is 30.4 Å². The van der Waals surface area contributed by atoms with Crippen molar-refractivity contribution in [3.63, 3.8) is 0 Å². The molecule has 30 heavy (non-hydrogen) atoms. The third-order valence-corrected chi connectivity index (χ3v) is 4.83. The molecule has 10 heteroatoms. The predicted molar refractivity (Wildman–Crippen MR) is 103 cm³/mol. The Labute approximate surface area is 173 Å².